The number of rotatable bonds is 4. The maximum atomic E-state index is 12.1. The summed E-state index contributed by atoms with van der Waals surface area (Å²) in [6.45, 7) is 5.77. The number of aliphatic hydroxyl groups excluding tert-OH is 1. The van der Waals surface area contributed by atoms with Gasteiger partial charge in [0.2, 0.25) is 0 Å². The Bertz CT molecular complexity index is 598. The molecule has 0 aliphatic heterocycles. The number of fused-ring (bicyclic) bond motifs is 1. The molecule has 2 rings (SSSR count). The minimum absolute atomic E-state index is 0.0343. The normalized spacial score (nSPS) is 11.8. The molecule has 0 fully saturated rings. The highest BCUT2D eigenvalue weighted by Crippen LogP contribution is 2.21. The number of aliphatic hydroxyl groups is 1. The van der Waals surface area contributed by atoms with Crippen molar-refractivity contribution in [3.63, 3.8) is 0 Å². The van der Waals surface area contributed by atoms with Gasteiger partial charge in [0.15, 0.2) is 5.76 Å². The largest absolute Gasteiger partial charge is 0.451 e. The number of carbonyl (C=O) groups is 1. The highest BCUT2D eigenvalue weighted by atomic mass is 16.3. The lowest BCUT2D eigenvalue weighted by atomic mass is 10.0. The van der Waals surface area contributed by atoms with Crippen molar-refractivity contribution in [3.8, 4) is 0 Å². The number of carbonyl (C=O) groups excluding carboxylic acids is 1. The van der Waals surface area contributed by atoms with Crippen molar-refractivity contribution in [2.75, 3.05) is 6.61 Å². The molecule has 1 heterocycles. The molecule has 2 aromatic rings. The summed E-state index contributed by atoms with van der Waals surface area (Å²) in [4.78, 5) is 12.1. The Morgan fingerprint density at radius 2 is 2.11 bits per heavy atom. The van der Waals surface area contributed by atoms with Crippen LogP contribution in [-0.2, 0) is 0 Å². The topological polar surface area (TPSA) is 62.5 Å². The van der Waals surface area contributed by atoms with Crippen LogP contribution in [-0.4, -0.2) is 23.2 Å². The van der Waals surface area contributed by atoms with Gasteiger partial charge in [0.25, 0.3) is 5.91 Å². The summed E-state index contributed by atoms with van der Waals surface area (Å²) in [7, 11) is 0. The maximum absolute atomic E-state index is 12.1. The lowest BCUT2D eigenvalue weighted by molar-refractivity contribution is 0.0873. The Morgan fingerprint density at radius 1 is 1.37 bits per heavy atom. The van der Waals surface area contributed by atoms with Gasteiger partial charge in [-0.3, -0.25) is 4.79 Å². The summed E-state index contributed by atoms with van der Waals surface area (Å²) in [5.74, 6) is 0.0407. The van der Waals surface area contributed by atoms with Crippen molar-refractivity contribution < 1.29 is 14.3 Å². The highest BCUT2D eigenvalue weighted by molar-refractivity contribution is 5.96. The lowest BCUT2D eigenvalue weighted by Crippen LogP contribution is -2.43. The van der Waals surface area contributed by atoms with Crippen LogP contribution >= 0.6 is 0 Å². The number of amides is 1. The zero-order valence-electron chi connectivity index (χ0n) is 11.5. The van der Waals surface area contributed by atoms with E-state index in [0.29, 0.717) is 17.8 Å². The number of aryl methyl sites for hydroxylation is 1. The summed E-state index contributed by atoms with van der Waals surface area (Å²) >= 11 is 0. The lowest BCUT2D eigenvalue weighted by Gasteiger charge is -2.24. The predicted molar refractivity (Wildman–Crippen MR) is 74.2 cm³/mol. The number of benzene rings is 1. The molecule has 1 aromatic carbocycles. The fraction of sp³-hybridized carbons (Fsp3) is 0.400. The first-order valence-corrected chi connectivity index (χ1v) is 6.35. The summed E-state index contributed by atoms with van der Waals surface area (Å²) in [6.07, 6.45) is 0.498. The van der Waals surface area contributed by atoms with E-state index in [2.05, 4.69) is 5.32 Å². The van der Waals surface area contributed by atoms with Gasteiger partial charge < -0.3 is 14.8 Å². The predicted octanol–water partition coefficient (Wildman–Crippen LogP) is 2.63. The average Bonchev–Trinajstić information content (AvgIpc) is 2.71. The molecule has 1 aromatic heterocycles. The Morgan fingerprint density at radius 3 is 2.79 bits per heavy atom. The molecule has 4 nitrogen and oxygen atoms in total. The molecule has 4 heteroatoms. The molecular weight excluding hydrogens is 242 g/mol. The van der Waals surface area contributed by atoms with Crippen LogP contribution in [0.3, 0.4) is 0 Å². The monoisotopic (exact) mass is 261 g/mol. The quantitative estimate of drug-likeness (QED) is 0.889. The molecule has 0 bridgehead atoms. The highest BCUT2D eigenvalue weighted by Gasteiger charge is 2.22. The molecule has 1 amide bonds. The Labute approximate surface area is 112 Å². The second-order valence-electron chi connectivity index (χ2n) is 5.46. The van der Waals surface area contributed by atoms with Crippen molar-refractivity contribution in [3.05, 3.63) is 35.6 Å². The van der Waals surface area contributed by atoms with Crippen LogP contribution in [0.25, 0.3) is 11.0 Å². The third kappa shape index (κ3) is 3.15. The first-order valence-electron chi connectivity index (χ1n) is 6.35. The van der Waals surface area contributed by atoms with Crippen LogP contribution in [0.4, 0.5) is 0 Å². The third-order valence-electron chi connectivity index (χ3n) is 3.08. The van der Waals surface area contributed by atoms with E-state index >= 15 is 0 Å². The van der Waals surface area contributed by atoms with E-state index in [1.807, 2.05) is 39.0 Å². The standard InChI is InChI=1S/C15H19NO3/c1-10-4-5-12-11(8-10)9-13(19-12)14(18)16-15(2,3)6-7-17/h4-5,8-9,17H,6-7H2,1-3H3,(H,16,18). The van der Waals surface area contributed by atoms with Crippen molar-refractivity contribution >= 4 is 16.9 Å². The van der Waals surface area contributed by atoms with Gasteiger partial charge in [0.1, 0.15) is 5.58 Å². The second-order valence-corrected chi connectivity index (χ2v) is 5.46. The molecule has 2 N–H and O–H groups in total. The Kier molecular flexibility index (Phi) is 3.62. The van der Waals surface area contributed by atoms with E-state index < -0.39 is 5.54 Å². The zero-order valence-corrected chi connectivity index (χ0v) is 11.5. The van der Waals surface area contributed by atoms with Gasteiger partial charge in [-0.1, -0.05) is 11.6 Å². The van der Waals surface area contributed by atoms with E-state index in [-0.39, 0.29) is 12.5 Å². The van der Waals surface area contributed by atoms with Gasteiger partial charge in [0, 0.05) is 17.5 Å². The van der Waals surface area contributed by atoms with Crippen LogP contribution in [0.5, 0.6) is 0 Å². The van der Waals surface area contributed by atoms with Crippen LogP contribution < -0.4 is 5.32 Å². The average molecular weight is 261 g/mol. The molecule has 0 saturated carbocycles. The van der Waals surface area contributed by atoms with Crippen molar-refractivity contribution in [1.29, 1.82) is 0 Å². The molecule has 0 spiro atoms. The SMILES string of the molecule is Cc1ccc2oc(C(=O)NC(C)(C)CCO)cc2c1. The maximum Gasteiger partial charge on any atom is 0.287 e. The van der Waals surface area contributed by atoms with E-state index in [4.69, 9.17) is 9.52 Å². The van der Waals surface area contributed by atoms with Crippen molar-refractivity contribution in [2.45, 2.75) is 32.7 Å². The Balaban J connectivity index is 2.22. The number of furan rings is 1. The molecule has 0 unspecified atom stereocenters. The summed E-state index contributed by atoms with van der Waals surface area (Å²) in [6, 6.07) is 7.53. The van der Waals surface area contributed by atoms with Crippen LogP contribution in [0.15, 0.2) is 28.7 Å². The minimum Gasteiger partial charge on any atom is -0.451 e. The Hall–Kier alpha value is -1.81. The fourth-order valence-electron chi connectivity index (χ4n) is 1.99. The molecule has 19 heavy (non-hydrogen) atoms. The number of hydrogen-bond acceptors (Lipinski definition) is 3. The smallest absolute Gasteiger partial charge is 0.287 e. The molecule has 0 aliphatic rings. The summed E-state index contributed by atoms with van der Waals surface area (Å²) < 4.78 is 5.53. The first kappa shape index (κ1) is 13.6. The molecular formula is C15H19NO3. The van der Waals surface area contributed by atoms with Crippen molar-refractivity contribution in [2.24, 2.45) is 0 Å². The van der Waals surface area contributed by atoms with Crippen LogP contribution in [0, 0.1) is 6.92 Å². The van der Waals surface area contributed by atoms with Gasteiger partial charge in [0.05, 0.1) is 0 Å². The van der Waals surface area contributed by atoms with Gasteiger partial charge >= 0.3 is 0 Å². The summed E-state index contributed by atoms with van der Waals surface area (Å²) in [5, 5.41) is 12.7. The molecule has 0 atom stereocenters. The molecule has 0 saturated heterocycles. The van der Waals surface area contributed by atoms with Crippen LogP contribution in [0.1, 0.15) is 36.4 Å². The summed E-state index contributed by atoms with van der Waals surface area (Å²) in [5.41, 5.74) is 1.37. The minimum atomic E-state index is -0.458. The van der Waals surface area contributed by atoms with E-state index in [9.17, 15) is 4.79 Å². The van der Waals surface area contributed by atoms with E-state index in [0.717, 1.165) is 10.9 Å². The van der Waals surface area contributed by atoms with E-state index in [1.54, 1.807) is 6.07 Å². The third-order valence-corrected chi connectivity index (χ3v) is 3.08. The van der Waals surface area contributed by atoms with Crippen molar-refractivity contribution in [1.82, 2.24) is 5.32 Å². The fourth-order valence-corrected chi connectivity index (χ4v) is 1.99. The number of hydrogen-bond donors (Lipinski definition) is 2. The van der Waals surface area contributed by atoms with Gasteiger partial charge in [-0.05, 0) is 45.4 Å². The van der Waals surface area contributed by atoms with Crippen LogP contribution in [0.2, 0.25) is 0 Å². The second kappa shape index (κ2) is 5.05. The van der Waals surface area contributed by atoms with Gasteiger partial charge in [-0.15, -0.1) is 0 Å². The first-order chi connectivity index (χ1) is 8.91. The molecule has 102 valence electrons. The zero-order chi connectivity index (χ0) is 14.0. The van der Waals surface area contributed by atoms with Gasteiger partial charge in [-0.25, -0.2) is 0 Å². The molecule has 0 radical (unpaired) electrons. The van der Waals surface area contributed by atoms with Gasteiger partial charge in [-0.2, -0.15) is 0 Å². The van der Waals surface area contributed by atoms with E-state index in [1.165, 1.54) is 0 Å². The number of nitrogens with one attached hydrogen (secondary N) is 1. The molecule has 0 aliphatic carbocycles.